The molecule has 0 amide bonds. The minimum Gasteiger partial charge on any atom is -0.497 e. The first-order chi connectivity index (χ1) is 8.22. The number of rotatable bonds is 7. The largest absolute Gasteiger partial charge is 0.497 e. The van der Waals surface area contributed by atoms with Crippen molar-refractivity contribution in [2.24, 2.45) is 0 Å². The fourth-order valence-corrected chi connectivity index (χ4v) is 1.50. The van der Waals surface area contributed by atoms with Crippen molar-refractivity contribution >= 4 is 5.78 Å². The molecule has 0 heterocycles. The summed E-state index contributed by atoms with van der Waals surface area (Å²) in [5.74, 6) is 1.44. The molecule has 0 aliphatic heterocycles. The molecule has 94 valence electrons. The van der Waals surface area contributed by atoms with E-state index in [2.05, 4.69) is 6.92 Å². The van der Waals surface area contributed by atoms with E-state index in [9.17, 15) is 4.79 Å². The normalized spacial score (nSPS) is 10.1. The van der Waals surface area contributed by atoms with Gasteiger partial charge < -0.3 is 9.47 Å². The Kier molecular flexibility index (Phi) is 5.53. The number of Topliss-reactive ketones (excluding diaryl/α,β-unsaturated/α-hetero) is 1. The molecule has 0 aliphatic rings. The molecule has 0 radical (unpaired) electrons. The quantitative estimate of drug-likeness (QED) is 0.537. The molecule has 0 atom stereocenters. The molecule has 1 rings (SSSR count). The van der Waals surface area contributed by atoms with Gasteiger partial charge in [0.1, 0.15) is 11.5 Å². The SMILES string of the molecule is CCCCOc1cc(OC)ccc1C(=O)CC. The molecule has 0 aliphatic carbocycles. The lowest BCUT2D eigenvalue weighted by Gasteiger charge is -2.11. The lowest BCUT2D eigenvalue weighted by Crippen LogP contribution is -2.04. The van der Waals surface area contributed by atoms with Crippen LogP contribution in [0.15, 0.2) is 18.2 Å². The molecule has 0 bridgehead atoms. The van der Waals surface area contributed by atoms with Crippen molar-refractivity contribution in [3.05, 3.63) is 23.8 Å². The molecule has 0 N–H and O–H groups in total. The van der Waals surface area contributed by atoms with Crippen LogP contribution in [0, 0.1) is 0 Å². The summed E-state index contributed by atoms with van der Waals surface area (Å²) >= 11 is 0. The first-order valence-electron chi connectivity index (χ1n) is 6.07. The summed E-state index contributed by atoms with van der Waals surface area (Å²) in [6, 6.07) is 5.33. The highest BCUT2D eigenvalue weighted by atomic mass is 16.5. The van der Waals surface area contributed by atoms with Gasteiger partial charge in [-0.2, -0.15) is 0 Å². The van der Waals surface area contributed by atoms with E-state index in [0.29, 0.717) is 30.1 Å². The molecule has 1 aromatic rings. The van der Waals surface area contributed by atoms with E-state index in [0.717, 1.165) is 12.8 Å². The van der Waals surface area contributed by atoms with Gasteiger partial charge in [0.25, 0.3) is 0 Å². The first kappa shape index (κ1) is 13.6. The highest BCUT2D eigenvalue weighted by Crippen LogP contribution is 2.26. The van der Waals surface area contributed by atoms with Gasteiger partial charge in [0.2, 0.25) is 0 Å². The number of benzene rings is 1. The van der Waals surface area contributed by atoms with Crippen molar-refractivity contribution in [1.29, 1.82) is 0 Å². The third-order valence-corrected chi connectivity index (χ3v) is 2.57. The zero-order valence-corrected chi connectivity index (χ0v) is 10.8. The van der Waals surface area contributed by atoms with Gasteiger partial charge in [-0.05, 0) is 18.6 Å². The van der Waals surface area contributed by atoms with Gasteiger partial charge in [0, 0.05) is 12.5 Å². The molecule has 1 aromatic carbocycles. The Bertz CT molecular complexity index is 372. The molecule has 0 spiro atoms. The van der Waals surface area contributed by atoms with Crippen molar-refractivity contribution in [3.8, 4) is 11.5 Å². The summed E-state index contributed by atoms with van der Waals surface area (Å²) in [5, 5.41) is 0. The Balaban J connectivity index is 2.90. The van der Waals surface area contributed by atoms with Gasteiger partial charge in [-0.15, -0.1) is 0 Å². The van der Waals surface area contributed by atoms with E-state index in [4.69, 9.17) is 9.47 Å². The van der Waals surface area contributed by atoms with E-state index in [1.54, 1.807) is 25.3 Å². The predicted octanol–water partition coefficient (Wildman–Crippen LogP) is 3.47. The van der Waals surface area contributed by atoms with Gasteiger partial charge in [0.15, 0.2) is 5.78 Å². The summed E-state index contributed by atoms with van der Waals surface area (Å²) in [5.41, 5.74) is 0.643. The van der Waals surface area contributed by atoms with E-state index >= 15 is 0 Å². The van der Waals surface area contributed by atoms with Gasteiger partial charge in [0.05, 0.1) is 19.3 Å². The lowest BCUT2D eigenvalue weighted by molar-refractivity contribution is 0.0984. The van der Waals surface area contributed by atoms with E-state index in [1.165, 1.54) is 0 Å². The Hall–Kier alpha value is -1.51. The van der Waals surface area contributed by atoms with E-state index < -0.39 is 0 Å². The molecular formula is C14H20O3. The van der Waals surface area contributed by atoms with Crippen LogP contribution in [-0.4, -0.2) is 19.5 Å². The van der Waals surface area contributed by atoms with Crippen molar-refractivity contribution in [3.63, 3.8) is 0 Å². The molecule has 0 saturated carbocycles. The Labute approximate surface area is 103 Å². The van der Waals surface area contributed by atoms with Gasteiger partial charge in [-0.3, -0.25) is 4.79 Å². The number of hydrogen-bond donors (Lipinski definition) is 0. The second kappa shape index (κ2) is 6.94. The predicted molar refractivity (Wildman–Crippen MR) is 68.0 cm³/mol. The standard InChI is InChI=1S/C14H20O3/c1-4-6-9-17-14-10-11(16-3)7-8-12(14)13(15)5-2/h7-8,10H,4-6,9H2,1-3H3. The summed E-state index contributed by atoms with van der Waals surface area (Å²) in [6.07, 6.45) is 2.54. The highest BCUT2D eigenvalue weighted by Gasteiger charge is 2.11. The van der Waals surface area contributed by atoms with Crippen LogP contribution >= 0.6 is 0 Å². The topological polar surface area (TPSA) is 35.5 Å². The molecule has 0 saturated heterocycles. The average molecular weight is 236 g/mol. The highest BCUT2D eigenvalue weighted by molar-refractivity contribution is 5.98. The lowest BCUT2D eigenvalue weighted by atomic mass is 10.1. The van der Waals surface area contributed by atoms with Crippen molar-refractivity contribution in [2.45, 2.75) is 33.1 Å². The number of carbonyl (C=O) groups is 1. The van der Waals surface area contributed by atoms with Gasteiger partial charge in [-0.1, -0.05) is 20.3 Å². The number of ketones is 1. The second-order valence-corrected chi connectivity index (χ2v) is 3.84. The zero-order chi connectivity index (χ0) is 12.7. The summed E-state index contributed by atoms with van der Waals surface area (Å²) in [6.45, 7) is 4.59. The third kappa shape index (κ3) is 3.77. The molecule has 0 aromatic heterocycles. The van der Waals surface area contributed by atoms with Gasteiger partial charge in [-0.25, -0.2) is 0 Å². The number of hydrogen-bond acceptors (Lipinski definition) is 3. The van der Waals surface area contributed by atoms with Crippen molar-refractivity contribution in [1.82, 2.24) is 0 Å². The fourth-order valence-electron chi connectivity index (χ4n) is 1.50. The molecule has 3 nitrogen and oxygen atoms in total. The molecule has 0 unspecified atom stereocenters. The number of unbranched alkanes of at least 4 members (excludes halogenated alkanes) is 1. The Morgan fingerprint density at radius 1 is 1.29 bits per heavy atom. The number of carbonyl (C=O) groups excluding carboxylic acids is 1. The summed E-state index contributed by atoms with van der Waals surface area (Å²) in [7, 11) is 1.60. The summed E-state index contributed by atoms with van der Waals surface area (Å²) in [4.78, 5) is 11.7. The van der Waals surface area contributed by atoms with E-state index in [-0.39, 0.29) is 5.78 Å². The monoisotopic (exact) mass is 236 g/mol. The van der Waals surface area contributed by atoms with E-state index in [1.807, 2.05) is 6.92 Å². The Morgan fingerprint density at radius 3 is 2.65 bits per heavy atom. The van der Waals surface area contributed by atoms with Crippen LogP contribution in [0.5, 0.6) is 11.5 Å². The maximum absolute atomic E-state index is 11.7. The molecule has 0 fully saturated rings. The van der Waals surface area contributed by atoms with Crippen LogP contribution in [0.3, 0.4) is 0 Å². The first-order valence-corrected chi connectivity index (χ1v) is 6.07. The second-order valence-electron chi connectivity index (χ2n) is 3.84. The van der Waals surface area contributed by atoms with Crippen molar-refractivity contribution < 1.29 is 14.3 Å². The zero-order valence-electron chi connectivity index (χ0n) is 10.8. The minimum absolute atomic E-state index is 0.0964. The van der Waals surface area contributed by atoms with Crippen LogP contribution in [0.2, 0.25) is 0 Å². The maximum Gasteiger partial charge on any atom is 0.166 e. The number of methoxy groups -OCH3 is 1. The average Bonchev–Trinajstić information content (AvgIpc) is 2.38. The van der Waals surface area contributed by atoms with Crippen molar-refractivity contribution in [2.75, 3.05) is 13.7 Å². The molecule has 3 heteroatoms. The Morgan fingerprint density at radius 2 is 2.06 bits per heavy atom. The number of ether oxygens (including phenoxy) is 2. The van der Waals surface area contributed by atoms with Crippen LogP contribution in [0.4, 0.5) is 0 Å². The van der Waals surface area contributed by atoms with Gasteiger partial charge >= 0.3 is 0 Å². The smallest absolute Gasteiger partial charge is 0.166 e. The molecular weight excluding hydrogens is 216 g/mol. The van der Waals surface area contributed by atoms with Crippen LogP contribution in [0.1, 0.15) is 43.5 Å². The maximum atomic E-state index is 11.7. The molecule has 17 heavy (non-hydrogen) atoms. The fraction of sp³-hybridized carbons (Fsp3) is 0.500. The van der Waals surface area contributed by atoms with Crippen LogP contribution in [0.25, 0.3) is 0 Å². The minimum atomic E-state index is 0.0964. The summed E-state index contributed by atoms with van der Waals surface area (Å²) < 4.78 is 10.8. The van der Waals surface area contributed by atoms with Crippen LogP contribution < -0.4 is 9.47 Å². The van der Waals surface area contributed by atoms with Crippen LogP contribution in [-0.2, 0) is 0 Å². The third-order valence-electron chi connectivity index (χ3n) is 2.57.